The number of benzene rings is 1. The van der Waals surface area contributed by atoms with Crippen LogP contribution in [0.1, 0.15) is 11.3 Å². The van der Waals surface area contributed by atoms with Crippen LogP contribution in [0.25, 0.3) is 5.69 Å². The minimum absolute atomic E-state index is 0.0629. The molecule has 0 aliphatic carbocycles. The maximum Gasteiger partial charge on any atom is 0.432 e. The van der Waals surface area contributed by atoms with Crippen molar-refractivity contribution >= 4 is 17.6 Å². The van der Waals surface area contributed by atoms with Crippen molar-refractivity contribution < 1.29 is 27.8 Å². The Morgan fingerprint density at radius 2 is 1.92 bits per heavy atom. The van der Waals surface area contributed by atoms with E-state index in [1.165, 1.54) is 18.2 Å². The SMILES string of the molecule is COC(=O)C(O)(c1c(C)[nH]n(-c2ccccc2Cl)c1=O)C(F)(F)F. The van der Waals surface area contributed by atoms with Crippen molar-refractivity contribution in [3.05, 3.63) is 50.9 Å². The maximum atomic E-state index is 13.3. The first-order valence-electron chi connectivity index (χ1n) is 6.50. The number of H-pyrrole nitrogens is 1. The summed E-state index contributed by atoms with van der Waals surface area (Å²) in [7, 11) is 0.674. The van der Waals surface area contributed by atoms with Crippen molar-refractivity contribution in [1.82, 2.24) is 9.78 Å². The smallest absolute Gasteiger partial charge is 0.432 e. The highest BCUT2D eigenvalue weighted by Gasteiger charge is 2.64. The number of aryl methyl sites for hydroxylation is 1. The topological polar surface area (TPSA) is 84.3 Å². The van der Waals surface area contributed by atoms with Crippen LogP contribution in [0.2, 0.25) is 5.02 Å². The number of methoxy groups -OCH3 is 1. The molecule has 2 rings (SSSR count). The van der Waals surface area contributed by atoms with Crippen LogP contribution in [0.15, 0.2) is 29.1 Å². The van der Waals surface area contributed by atoms with Crippen molar-refractivity contribution in [2.75, 3.05) is 7.11 Å². The predicted molar refractivity (Wildman–Crippen MR) is 78.1 cm³/mol. The molecule has 130 valence electrons. The fraction of sp³-hybridized carbons (Fsp3) is 0.286. The van der Waals surface area contributed by atoms with Gasteiger partial charge in [0, 0.05) is 5.69 Å². The Balaban J connectivity index is 2.79. The van der Waals surface area contributed by atoms with Crippen molar-refractivity contribution in [3.8, 4) is 5.69 Å². The Hall–Kier alpha value is -2.26. The number of carbonyl (C=O) groups is 1. The van der Waals surface area contributed by atoms with Crippen LogP contribution < -0.4 is 5.56 Å². The second-order valence-corrected chi connectivity index (χ2v) is 5.31. The fourth-order valence-corrected chi connectivity index (χ4v) is 2.50. The Bertz CT molecular complexity index is 843. The lowest BCUT2D eigenvalue weighted by Gasteiger charge is -2.26. The van der Waals surface area contributed by atoms with Gasteiger partial charge in [-0.3, -0.25) is 9.89 Å². The normalized spacial score (nSPS) is 14.3. The van der Waals surface area contributed by atoms with Gasteiger partial charge >= 0.3 is 12.1 Å². The van der Waals surface area contributed by atoms with Gasteiger partial charge in [0.1, 0.15) is 0 Å². The number of carbonyl (C=O) groups excluding carboxylic acids is 1. The van der Waals surface area contributed by atoms with Gasteiger partial charge < -0.3 is 9.84 Å². The molecule has 2 N–H and O–H groups in total. The van der Waals surface area contributed by atoms with Crippen LogP contribution in [0.5, 0.6) is 0 Å². The molecule has 24 heavy (non-hydrogen) atoms. The van der Waals surface area contributed by atoms with Gasteiger partial charge in [0.25, 0.3) is 11.2 Å². The van der Waals surface area contributed by atoms with E-state index in [9.17, 15) is 27.9 Å². The summed E-state index contributed by atoms with van der Waals surface area (Å²) in [5.74, 6) is -2.01. The highest BCUT2D eigenvalue weighted by Crippen LogP contribution is 2.40. The Morgan fingerprint density at radius 1 is 1.33 bits per heavy atom. The highest BCUT2D eigenvalue weighted by molar-refractivity contribution is 6.32. The molecule has 1 aromatic heterocycles. The van der Waals surface area contributed by atoms with E-state index in [0.29, 0.717) is 11.8 Å². The van der Waals surface area contributed by atoms with E-state index in [0.717, 1.165) is 6.92 Å². The first-order valence-corrected chi connectivity index (χ1v) is 6.88. The van der Waals surface area contributed by atoms with Crippen LogP contribution in [0.4, 0.5) is 13.2 Å². The first kappa shape index (κ1) is 18.1. The van der Waals surface area contributed by atoms with E-state index in [1.807, 2.05) is 0 Å². The zero-order valence-electron chi connectivity index (χ0n) is 12.4. The molecule has 0 spiro atoms. The van der Waals surface area contributed by atoms with Gasteiger partial charge in [0.05, 0.1) is 23.4 Å². The third kappa shape index (κ3) is 2.59. The molecule has 0 fully saturated rings. The molecule has 0 saturated heterocycles. The third-order valence-corrected chi connectivity index (χ3v) is 3.74. The monoisotopic (exact) mass is 364 g/mol. The lowest BCUT2D eigenvalue weighted by Crippen LogP contribution is -2.52. The standard InChI is InChI=1S/C14H12ClF3N2O4/c1-7-10(13(23,12(22)24-2)14(16,17)18)11(21)20(19-7)9-6-4-3-5-8(9)15/h3-6,19,23H,1-2H3. The largest absolute Gasteiger partial charge is 0.466 e. The number of nitrogens with zero attached hydrogens (tertiary/aromatic N) is 1. The molecule has 1 atom stereocenters. The molecule has 0 aliphatic rings. The lowest BCUT2D eigenvalue weighted by atomic mass is 9.93. The average Bonchev–Trinajstić information content (AvgIpc) is 2.80. The van der Waals surface area contributed by atoms with Crippen molar-refractivity contribution in [1.29, 1.82) is 0 Å². The second kappa shape index (κ2) is 5.99. The average molecular weight is 365 g/mol. The van der Waals surface area contributed by atoms with E-state index < -0.39 is 28.9 Å². The summed E-state index contributed by atoms with van der Waals surface area (Å²) in [5.41, 5.74) is -6.85. The zero-order chi connectivity index (χ0) is 18.3. The van der Waals surface area contributed by atoms with Gasteiger partial charge in [0.2, 0.25) is 0 Å². The highest BCUT2D eigenvalue weighted by atomic mass is 35.5. The second-order valence-electron chi connectivity index (χ2n) is 4.90. The lowest BCUT2D eigenvalue weighted by molar-refractivity contribution is -0.267. The molecular formula is C14H12ClF3N2O4. The van der Waals surface area contributed by atoms with Gasteiger partial charge in [-0.25, -0.2) is 9.48 Å². The number of alkyl halides is 3. The molecular weight excluding hydrogens is 353 g/mol. The predicted octanol–water partition coefficient (Wildman–Crippen LogP) is 2.05. The first-order chi connectivity index (χ1) is 11.1. The van der Waals surface area contributed by atoms with Crippen LogP contribution in [0, 0.1) is 6.92 Å². The summed E-state index contributed by atoms with van der Waals surface area (Å²) in [6, 6.07) is 5.89. The molecule has 2 aromatic rings. The van der Waals surface area contributed by atoms with E-state index >= 15 is 0 Å². The van der Waals surface area contributed by atoms with Gasteiger partial charge in [-0.2, -0.15) is 13.2 Å². The van der Waals surface area contributed by atoms with Crippen LogP contribution >= 0.6 is 11.6 Å². The Morgan fingerprint density at radius 3 is 2.42 bits per heavy atom. The number of esters is 1. The van der Waals surface area contributed by atoms with E-state index in [2.05, 4.69) is 9.84 Å². The molecule has 10 heteroatoms. The number of ether oxygens (including phenoxy) is 1. The van der Waals surface area contributed by atoms with E-state index in [-0.39, 0.29) is 16.4 Å². The summed E-state index contributed by atoms with van der Waals surface area (Å²) in [5, 5.41) is 12.5. The molecule has 1 unspecified atom stereocenters. The number of hydrogen-bond acceptors (Lipinski definition) is 4. The number of rotatable bonds is 3. The number of nitrogens with one attached hydrogen (secondary N) is 1. The summed E-state index contributed by atoms with van der Waals surface area (Å²) >= 11 is 5.93. The van der Waals surface area contributed by atoms with Gasteiger partial charge in [-0.1, -0.05) is 23.7 Å². The molecule has 1 heterocycles. The zero-order valence-corrected chi connectivity index (χ0v) is 13.2. The molecule has 6 nitrogen and oxygen atoms in total. The van der Waals surface area contributed by atoms with Crippen LogP contribution in [0.3, 0.4) is 0 Å². The number of halogens is 4. The minimum atomic E-state index is -5.47. The number of hydrogen-bond donors (Lipinski definition) is 2. The molecule has 0 saturated carbocycles. The molecule has 0 amide bonds. The fourth-order valence-electron chi connectivity index (χ4n) is 2.28. The number of aliphatic hydroxyl groups is 1. The molecule has 1 aromatic carbocycles. The van der Waals surface area contributed by atoms with Gasteiger partial charge in [0.15, 0.2) is 0 Å². The van der Waals surface area contributed by atoms with Crippen molar-refractivity contribution in [2.24, 2.45) is 0 Å². The summed E-state index contributed by atoms with van der Waals surface area (Å²) in [6.07, 6.45) is -5.47. The molecule has 0 aliphatic heterocycles. The van der Waals surface area contributed by atoms with Crippen LogP contribution in [-0.4, -0.2) is 34.1 Å². The van der Waals surface area contributed by atoms with E-state index in [1.54, 1.807) is 6.07 Å². The summed E-state index contributed by atoms with van der Waals surface area (Å²) in [6.45, 7) is 1.11. The van der Waals surface area contributed by atoms with Crippen molar-refractivity contribution in [3.63, 3.8) is 0 Å². The van der Waals surface area contributed by atoms with E-state index in [4.69, 9.17) is 11.6 Å². The number of aromatic nitrogens is 2. The summed E-state index contributed by atoms with van der Waals surface area (Å²) < 4.78 is 44.8. The van der Waals surface area contributed by atoms with Gasteiger partial charge in [-0.05, 0) is 19.1 Å². The minimum Gasteiger partial charge on any atom is -0.466 e. The van der Waals surface area contributed by atoms with Crippen molar-refractivity contribution in [2.45, 2.75) is 18.7 Å². The maximum absolute atomic E-state index is 13.3. The van der Waals surface area contributed by atoms with Crippen LogP contribution in [-0.2, 0) is 15.1 Å². The summed E-state index contributed by atoms with van der Waals surface area (Å²) in [4.78, 5) is 24.1. The van der Waals surface area contributed by atoms with Gasteiger partial charge in [-0.15, -0.1) is 0 Å². The Kier molecular flexibility index (Phi) is 4.51. The molecule has 0 bridgehead atoms. The number of aromatic amines is 1. The Labute approximate surface area is 138 Å². The third-order valence-electron chi connectivity index (χ3n) is 3.42. The quantitative estimate of drug-likeness (QED) is 0.816. The number of para-hydroxylation sites is 1. The molecule has 0 radical (unpaired) electrons.